The number of aliphatic hydroxyl groups is 1. The van der Waals surface area contributed by atoms with E-state index >= 15 is 0 Å². The first-order valence-electron chi connectivity index (χ1n) is 6.35. The maximum absolute atomic E-state index is 13.1. The highest BCUT2D eigenvalue weighted by Gasteiger charge is 2.11. The molecule has 2 rings (SSSR count). The first-order chi connectivity index (χ1) is 9.20. The van der Waals surface area contributed by atoms with Crippen LogP contribution in [0.2, 0.25) is 0 Å². The van der Waals surface area contributed by atoms with E-state index in [0.717, 1.165) is 11.1 Å². The Labute approximate surface area is 112 Å². The third kappa shape index (κ3) is 3.55. The van der Waals surface area contributed by atoms with E-state index in [1.807, 2.05) is 37.3 Å². The Kier molecular flexibility index (Phi) is 4.53. The number of rotatable bonds is 5. The van der Waals surface area contributed by atoms with Crippen LogP contribution in [0, 0.1) is 5.82 Å². The van der Waals surface area contributed by atoms with Crippen LogP contribution in [0.25, 0.3) is 0 Å². The van der Waals surface area contributed by atoms with Crippen molar-refractivity contribution < 1.29 is 14.2 Å². The van der Waals surface area contributed by atoms with Gasteiger partial charge in [-0.3, -0.25) is 0 Å². The summed E-state index contributed by atoms with van der Waals surface area (Å²) in [6.45, 7) is 2.19. The van der Waals surface area contributed by atoms with E-state index in [4.69, 9.17) is 4.74 Å². The summed E-state index contributed by atoms with van der Waals surface area (Å²) in [5.41, 5.74) is 1.53. The number of aliphatic hydroxyl groups excluding tert-OH is 1. The molecule has 2 aromatic rings. The zero-order chi connectivity index (χ0) is 13.7. The van der Waals surface area contributed by atoms with Crippen molar-refractivity contribution in [2.75, 3.05) is 0 Å². The van der Waals surface area contributed by atoms with Crippen LogP contribution >= 0.6 is 0 Å². The van der Waals surface area contributed by atoms with Gasteiger partial charge in [0.1, 0.15) is 18.2 Å². The van der Waals surface area contributed by atoms with Crippen molar-refractivity contribution in [2.24, 2.45) is 0 Å². The topological polar surface area (TPSA) is 29.5 Å². The number of ether oxygens (including phenoxy) is 1. The summed E-state index contributed by atoms with van der Waals surface area (Å²) in [5.74, 6) is 0.365. The second kappa shape index (κ2) is 6.34. The standard InChI is InChI=1S/C16H17FO2/c1-2-15(18)14-8-3-4-9-16(14)19-11-12-6-5-7-13(17)10-12/h3-10,15,18H,2,11H2,1H3/t15-/m0/s1. The summed E-state index contributed by atoms with van der Waals surface area (Å²) < 4.78 is 18.7. The zero-order valence-electron chi connectivity index (χ0n) is 10.8. The van der Waals surface area contributed by atoms with Gasteiger partial charge in [0.2, 0.25) is 0 Å². The predicted octanol–water partition coefficient (Wildman–Crippen LogP) is 3.85. The van der Waals surface area contributed by atoms with Crippen molar-refractivity contribution in [1.29, 1.82) is 0 Å². The maximum atomic E-state index is 13.1. The number of hydrogen-bond acceptors (Lipinski definition) is 2. The molecule has 0 radical (unpaired) electrons. The molecule has 0 amide bonds. The van der Waals surface area contributed by atoms with E-state index in [1.165, 1.54) is 12.1 Å². The molecule has 0 aliphatic heterocycles. The molecular formula is C16H17FO2. The van der Waals surface area contributed by atoms with Crippen LogP contribution < -0.4 is 4.74 Å². The zero-order valence-corrected chi connectivity index (χ0v) is 10.8. The van der Waals surface area contributed by atoms with Gasteiger partial charge in [-0.15, -0.1) is 0 Å². The first-order valence-corrected chi connectivity index (χ1v) is 6.35. The van der Waals surface area contributed by atoms with Gasteiger partial charge in [0.15, 0.2) is 0 Å². The predicted molar refractivity (Wildman–Crippen MR) is 72.4 cm³/mol. The van der Waals surface area contributed by atoms with Crippen LogP contribution in [0.3, 0.4) is 0 Å². The third-order valence-electron chi connectivity index (χ3n) is 2.95. The molecule has 0 heterocycles. The Morgan fingerprint density at radius 2 is 1.95 bits per heavy atom. The molecule has 2 nitrogen and oxygen atoms in total. The first kappa shape index (κ1) is 13.6. The molecule has 0 aliphatic rings. The summed E-state index contributed by atoms with van der Waals surface area (Å²) >= 11 is 0. The molecule has 1 N–H and O–H groups in total. The van der Waals surface area contributed by atoms with Crippen LogP contribution in [-0.2, 0) is 6.61 Å². The molecule has 0 bridgehead atoms. The molecule has 1 atom stereocenters. The molecule has 0 saturated carbocycles. The van der Waals surface area contributed by atoms with Crippen LogP contribution in [-0.4, -0.2) is 5.11 Å². The van der Waals surface area contributed by atoms with Crippen LogP contribution in [0.4, 0.5) is 4.39 Å². The maximum Gasteiger partial charge on any atom is 0.125 e. The molecule has 0 aliphatic carbocycles. The van der Waals surface area contributed by atoms with Gasteiger partial charge in [-0.2, -0.15) is 0 Å². The molecule has 0 unspecified atom stereocenters. The Balaban J connectivity index is 2.11. The average molecular weight is 260 g/mol. The van der Waals surface area contributed by atoms with E-state index in [0.29, 0.717) is 12.2 Å². The van der Waals surface area contributed by atoms with Crippen molar-refractivity contribution in [3.8, 4) is 5.75 Å². The molecular weight excluding hydrogens is 243 g/mol. The van der Waals surface area contributed by atoms with Crippen molar-refractivity contribution in [3.63, 3.8) is 0 Å². The molecule has 3 heteroatoms. The fourth-order valence-corrected chi connectivity index (χ4v) is 1.90. The number of halogens is 1. The molecule has 0 fully saturated rings. The summed E-state index contributed by atoms with van der Waals surface area (Å²) in [5, 5.41) is 9.91. The quantitative estimate of drug-likeness (QED) is 0.884. The largest absolute Gasteiger partial charge is 0.489 e. The van der Waals surface area contributed by atoms with Crippen LogP contribution in [0.1, 0.15) is 30.6 Å². The van der Waals surface area contributed by atoms with Gasteiger partial charge >= 0.3 is 0 Å². The van der Waals surface area contributed by atoms with Crippen LogP contribution in [0.15, 0.2) is 48.5 Å². The van der Waals surface area contributed by atoms with E-state index in [-0.39, 0.29) is 12.4 Å². The Hall–Kier alpha value is -1.87. The normalized spacial score (nSPS) is 12.2. The van der Waals surface area contributed by atoms with Crippen molar-refractivity contribution in [2.45, 2.75) is 26.1 Å². The second-order valence-electron chi connectivity index (χ2n) is 4.38. The Bertz CT molecular complexity index is 540. The lowest BCUT2D eigenvalue weighted by Crippen LogP contribution is -2.02. The lowest BCUT2D eigenvalue weighted by Gasteiger charge is -2.15. The third-order valence-corrected chi connectivity index (χ3v) is 2.95. The number of para-hydroxylation sites is 1. The average Bonchev–Trinajstić information content (AvgIpc) is 2.45. The monoisotopic (exact) mass is 260 g/mol. The molecule has 100 valence electrons. The number of hydrogen-bond donors (Lipinski definition) is 1. The van der Waals surface area contributed by atoms with Gasteiger partial charge < -0.3 is 9.84 Å². The summed E-state index contributed by atoms with van der Waals surface area (Å²) in [6, 6.07) is 13.7. The van der Waals surface area contributed by atoms with Gasteiger partial charge in [0, 0.05) is 5.56 Å². The minimum atomic E-state index is -0.538. The van der Waals surface area contributed by atoms with Crippen molar-refractivity contribution in [1.82, 2.24) is 0 Å². The van der Waals surface area contributed by atoms with Crippen molar-refractivity contribution >= 4 is 0 Å². The minimum Gasteiger partial charge on any atom is -0.489 e. The summed E-state index contributed by atoms with van der Waals surface area (Å²) in [7, 11) is 0. The number of benzene rings is 2. The fourth-order valence-electron chi connectivity index (χ4n) is 1.90. The van der Waals surface area contributed by atoms with Gasteiger partial charge in [-0.25, -0.2) is 4.39 Å². The molecule has 0 spiro atoms. The SMILES string of the molecule is CC[C@H](O)c1ccccc1OCc1cccc(F)c1. The van der Waals surface area contributed by atoms with Crippen LogP contribution in [0.5, 0.6) is 5.75 Å². The molecule has 0 aromatic heterocycles. The highest BCUT2D eigenvalue weighted by atomic mass is 19.1. The fraction of sp³-hybridized carbons (Fsp3) is 0.250. The van der Waals surface area contributed by atoms with Crippen molar-refractivity contribution in [3.05, 3.63) is 65.5 Å². The highest BCUT2D eigenvalue weighted by molar-refractivity contribution is 5.35. The Morgan fingerprint density at radius 1 is 1.16 bits per heavy atom. The van der Waals surface area contributed by atoms with E-state index in [9.17, 15) is 9.50 Å². The van der Waals surface area contributed by atoms with Gasteiger partial charge in [-0.1, -0.05) is 37.3 Å². The van der Waals surface area contributed by atoms with Gasteiger partial charge in [0.05, 0.1) is 6.10 Å². The van der Waals surface area contributed by atoms with Gasteiger partial charge in [-0.05, 0) is 30.2 Å². The highest BCUT2D eigenvalue weighted by Crippen LogP contribution is 2.27. The smallest absolute Gasteiger partial charge is 0.125 e. The second-order valence-corrected chi connectivity index (χ2v) is 4.38. The van der Waals surface area contributed by atoms with E-state index in [2.05, 4.69) is 0 Å². The lowest BCUT2D eigenvalue weighted by molar-refractivity contribution is 0.166. The molecule has 0 saturated heterocycles. The van der Waals surface area contributed by atoms with Gasteiger partial charge in [0.25, 0.3) is 0 Å². The van der Waals surface area contributed by atoms with E-state index in [1.54, 1.807) is 6.07 Å². The lowest BCUT2D eigenvalue weighted by atomic mass is 10.1. The van der Waals surface area contributed by atoms with E-state index < -0.39 is 6.10 Å². The Morgan fingerprint density at radius 3 is 2.68 bits per heavy atom. The summed E-state index contributed by atoms with van der Waals surface area (Å²) in [4.78, 5) is 0. The summed E-state index contributed by atoms with van der Waals surface area (Å²) in [6.07, 6.45) is 0.0871. The molecule has 19 heavy (non-hydrogen) atoms. The molecule has 2 aromatic carbocycles. The minimum absolute atomic E-state index is 0.275.